The van der Waals surface area contributed by atoms with Crippen molar-refractivity contribution in [3.8, 4) is 5.75 Å². The Bertz CT molecular complexity index is 1110. The maximum Gasteiger partial charge on any atom is 0.491 e. The normalized spacial score (nSPS) is 20.0. The van der Waals surface area contributed by atoms with Gasteiger partial charge < -0.3 is 18.9 Å². The lowest BCUT2D eigenvalue weighted by atomic mass is 9.76. The summed E-state index contributed by atoms with van der Waals surface area (Å²) in [6.07, 6.45) is -3.87. The van der Waals surface area contributed by atoms with Gasteiger partial charge in [-0.25, -0.2) is 4.79 Å². The van der Waals surface area contributed by atoms with Crippen LogP contribution in [0.4, 0.5) is 13.2 Å². The summed E-state index contributed by atoms with van der Waals surface area (Å²) in [7, 11) is 0. The molecular formula is C26H32F3N3O5. The molecule has 8 nitrogen and oxygen atoms in total. The van der Waals surface area contributed by atoms with Gasteiger partial charge in [0.05, 0.1) is 12.8 Å². The first-order chi connectivity index (χ1) is 17.5. The predicted molar refractivity (Wildman–Crippen MR) is 127 cm³/mol. The van der Waals surface area contributed by atoms with Crippen molar-refractivity contribution in [1.29, 1.82) is 0 Å². The van der Waals surface area contributed by atoms with E-state index in [2.05, 4.69) is 23.9 Å². The number of ether oxygens (including phenoxy) is 2. The Kier molecular flexibility index (Phi) is 7.82. The second-order valence-electron chi connectivity index (χ2n) is 10.3. The molecule has 2 aliphatic heterocycles. The molecule has 1 aromatic heterocycles. The van der Waals surface area contributed by atoms with Gasteiger partial charge in [0.25, 0.3) is 5.91 Å². The maximum absolute atomic E-state index is 13.2. The molecule has 2 fully saturated rings. The van der Waals surface area contributed by atoms with Gasteiger partial charge in [-0.3, -0.25) is 9.69 Å². The lowest BCUT2D eigenvalue weighted by Crippen LogP contribution is -2.51. The standard InChI is InChI=1S/C26H32F3N3O5/c1-17(2)16-35-21-7-5-4-6-19(21)15-31-11-8-25(9-12-31)10-13-32(22(33)20-14-30-37-18(20)3)23(25)36-24(34)26(27,28)29/h4-7,14,17,23H,8-13,15-16H2,1-3H3. The Morgan fingerprint density at radius 3 is 2.46 bits per heavy atom. The number of halogens is 3. The molecule has 3 heterocycles. The van der Waals surface area contributed by atoms with Gasteiger partial charge in [0, 0.05) is 24.1 Å². The number of esters is 1. The van der Waals surface area contributed by atoms with Gasteiger partial charge in [-0.15, -0.1) is 0 Å². The van der Waals surface area contributed by atoms with Crippen molar-refractivity contribution in [3.63, 3.8) is 0 Å². The number of rotatable bonds is 7. The average Bonchev–Trinajstić information content (AvgIpc) is 3.43. The van der Waals surface area contributed by atoms with E-state index in [4.69, 9.17) is 14.0 Å². The Morgan fingerprint density at radius 2 is 1.84 bits per heavy atom. The fourth-order valence-electron chi connectivity index (χ4n) is 5.06. The largest absolute Gasteiger partial charge is 0.493 e. The van der Waals surface area contributed by atoms with Crippen molar-refractivity contribution in [3.05, 3.63) is 47.3 Å². The summed E-state index contributed by atoms with van der Waals surface area (Å²) < 4.78 is 55.4. The van der Waals surface area contributed by atoms with Gasteiger partial charge >= 0.3 is 12.1 Å². The van der Waals surface area contributed by atoms with Crippen LogP contribution in [0.3, 0.4) is 0 Å². The van der Waals surface area contributed by atoms with Crippen LogP contribution in [0.25, 0.3) is 0 Å². The predicted octanol–water partition coefficient (Wildman–Crippen LogP) is 4.58. The van der Waals surface area contributed by atoms with Crippen molar-refractivity contribution < 1.29 is 36.8 Å². The molecule has 4 rings (SSSR count). The fourth-order valence-corrected chi connectivity index (χ4v) is 5.06. The van der Waals surface area contributed by atoms with E-state index in [9.17, 15) is 22.8 Å². The number of hydrogen-bond acceptors (Lipinski definition) is 7. The number of amides is 1. The molecule has 0 N–H and O–H groups in total. The third kappa shape index (κ3) is 5.92. The molecule has 0 radical (unpaired) electrons. The molecule has 2 aromatic rings. The van der Waals surface area contributed by atoms with Crippen LogP contribution in [-0.4, -0.2) is 65.5 Å². The minimum atomic E-state index is -5.16. The Hall–Kier alpha value is -3.08. The highest BCUT2D eigenvalue weighted by Gasteiger charge is 2.55. The van der Waals surface area contributed by atoms with Crippen LogP contribution in [0, 0.1) is 18.3 Å². The van der Waals surface area contributed by atoms with Crippen molar-refractivity contribution in [2.75, 3.05) is 26.2 Å². The molecule has 11 heteroatoms. The molecule has 0 bridgehead atoms. The summed E-state index contributed by atoms with van der Waals surface area (Å²) in [4.78, 5) is 28.5. The molecule has 2 aliphatic rings. The number of likely N-dealkylation sites (tertiary alicyclic amines) is 2. The van der Waals surface area contributed by atoms with E-state index >= 15 is 0 Å². The number of benzene rings is 1. The number of piperidine rings is 1. The zero-order chi connectivity index (χ0) is 26.8. The van der Waals surface area contributed by atoms with Crippen molar-refractivity contribution in [1.82, 2.24) is 15.0 Å². The number of hydrogen-bond donors (Lipinski definition) is 0. The SMILES string of the molecule is Cc1oncc1C(=O)N1CCC2(CCN(Cc3ccccc3OCC(C)C)CC2)C1OC(=O)C(F)(F)F. The molecule has 202 valence electrons. The number of carbonyl (C=O) groups is 2. The van der Waals surface area contributed by atoms with Crippen LogP contribution in [0.15, 0.2) is 35.0 Å². The summed E-state index contributed by atoms with van der Waals surface area (Å²) in [6.45, 7) is 8.25. The van der Waals surface area contributed by atoms with Crippen LogP contribution in [0.1, 0.15) is 54.8 Å². The van der Waals surface area contributed by atoms with E-state index in [1.807, 2.05) is 24.3 Å². The molecule has 1 spiro atoms. The number of nitrogens with zero attached hydrogens (tertiary/aromatic N) is 3. The summed E-state index contributed by atoms with van der Waals surface area (Å²) in [5, 5.41) is 3.60. The molecule has 0 saturated carbocycles. The lowest BCUT2D eigenvalue weighted by Gasteiger charge is -2.43. The number of aromatic nitrogens is 1. The molecule has 0 aliphatic carbocycles. The number of alkyl halides is 3. The zero-order valence-electron chi connectivity index (χ0n) is 21.2. The minimum absolute atomic E-state index is 0.139. The summed E-state index contributed by atoms with van der Waals surface area (Å²) in [5.74, 6) is -1.41. The lowest BCUT2D eigenvalue weighted by molar-refractivity contribution is -0.217. The van der Waals surface area contributed by atoms with Gasteiger partial charge in [0.1, 0.15) is 17.1 Å². The number of para-hydroxylation sites is 1. The molecule has 37 heavy (non-hydrogen) atoms. The number of carbonyl (C=O) groups excluding carboxylic acids is 2. The van der Waals surface area contributed by atoms with Crippen LogP contribution >= 0.6 is 0 Å². The first-order valence-electron chi connectivity index (χ1n) is 12.4. The van der Waals surface area contributed by atoms with Crippen LogP contribution in [0.5, 0.6) is 5.75 Å². The second-order valence-corrected chi connectivity index (χ2v) is 10.3. The van der Waals surface area contributed by atoms with Crippen LogP contribution < -0.4 is 4.74 Å². The third-order valence-electron chi connectivity index (χ3n) is 7.14. The smallest absolute Gasteiger partial charge is 0.491 e. The first-order valence-corrected chi connectivity index (χ1v) is 12.4. The molecule has 2 saturated heterocycles. The van der Waals surface area contributed by atoms with E-state index in [0.29, 0.717) is 51.4 Å². The van der Waals surface area contributed by atoms with E-state index in [1.165, 1.54) is 11.1 Å². The molecule has 1 unspecified atom stereocenters. The average molecular weight is 524 g/mol. The molecular weight excluding hydrogens is 491 g/mol. The van der Waals surface area contributed by atoms with E-state index < -0.39 is 29.7 Å². The zero-order valence-corrected chi connectivity index (χ0v) is 21.2. The van der Waals surface area contributed by atoms with Crippen molar-refractivity contribution in [2.24, 2.45) is 11.3 Å². The Morgan fingerprint density at radius 1 is 1.16 bits per heavy atom. The number of aryl methyl sites for hydroxylation is 1. The summed E-state index contributed by atoms with van der Waals surface area (Å²) >= 11 is 0. The highest BCUT2D eigenvalue weighted by atomic mass is 19.4. The van der Waals surface area contributed by atoms with E-state index in [-0.39, 0.29) is 17.9 Å². The highest BCUT2D eigenvalue weighted by molar-refractivity contribution is 5.95. The Balaban J connectivity index is 1.49. The fraction of sp³-hybridized carbons (Fsp3) is 0.577. The van der Waals surface area contributed by atoms with Crippen molar-refractivity contribution >= 4 is 11.9 Å². The monoisotopic (exact) mass is 523 g/mol. The van der Waals surface area contributed by atoms with Crippen molar-refractivity contribution in [2.45, 2.75) is 59.0 Å². The summed E-state index contributed by atoms with van der Waals surface area (Å²) in [6, 6.07) is 7.81. The molecule has 1 aromatic carbocycles. The van der Waals surface area contributed by atoms with Gasteiger partial charge in [-0.1, -0.05) is 37.2 Å². The molecule has 1 atom stereocenters. The van der Waals surface area contributed by atoms with Gasteiger partial charge in [-0.2, -0.15) is 13.2 Å². The Labute approximate surface area is 213 Å². The van der Waals surface area contributed by atoms with Gasteiger partial charge in [-0.05, 0) is 51.3 Å². The molecule has 1 amide bonds. The van der Waals surface area contributed by atoms with Crippen LogP contribution in [-0.2, 0) is 16.1 Å². The first kappa shape index (κ1) is 27.0. The van der Waals surface area contributed by atoms with Gasteiger partial charge in [0.2, 0.25) is 0 Å². The maximum atomic E-state index is 13.2. The topological polar surface area (TPSA) is 85.1 Å². The summed E-state index contributed by atoms with van der Waals surface area (Å²) in [5.41, 5.74) is 0.400. The van der Waals surface area contributed by atoms with Crippen LogP contribution in [0.2, 0.25) is 0 Å². The third-order valence-corrected chi connectivity index (χ3v) is 7.14. The highest BCUT2D eigenvalue weighted by Crippen LogP contribution is 2.47. The van der Waals surface area contributed by atoms with E-state index in [1.54, 1.807) is 6.92 Å². The minimum Gasteiger partial charge on any atom is -0.493 e. The quantitative estimate of drug-likeness (QED) is 0.491. The second kappa shape index (κ2) is 10.7. The van der Waals surface area contributed by atoms with Gasteiger partial charge in [0.15, 0.2) is 6.23 Å². The van der Waals surface area contributed by atoms with E-state index in [0.717, 1.165) is 11.3 Å².